The Morgan fingerprint density at radius 2 is 2.05 bits per heavy atom. The first-order valence-corrected chi connectivity index (χ1v) is 6.32. The third-order valence-electron chi connectivity index (χ3n) is 2.90. The molecule has 0 unspecified atom stereocenters. The van der Waals surface area contributed by atoms with Gasteiger partial charge in [-0.2, -0.15) is 0 Å². The van der Waals surface area contributed by atoms with Crippen LogP contribution in [-0.2, 0) is 0 Å². The molecule has 0 aliphatic carbocycles. The Hall–Kier alpha value is -2.60. The summed E-state index contributed by atoms with van der Waals surface area (Å²) < 4.78 is 0. The highest BCUT2D eigenvalue weighted by Gasteiger charge is 2.21. The van der Waals surface area contributed by atoms with Gasteiger partial charge in [0, 0.05) is 16.8 Å². The number of benzene rings is 2. The van der Waals surface area contributed by atoms with E-state index in [-0.39, 0.29) is 5.56 Å². The number of rotatable bonds is 3. The van der Waals surface area contributed by atoms with Crippen molar-refractivity contribution in [1.82, 2.24) is 0 Å². The number of hydrogen-bond donors (Lipinski definition) is 2. The van der Waals surface area contributed by atoms with Crippen LogP contribution in [0.3, 0.4) is 0 Å². The van der Waals surface area contributed by atoms with Crippen LogP contribution in [0.25, 0.3) is 0 Å². The number of amides is 1. The predicted octanol–water partition coefficient (Wildman–Crippen LogP) is 3.51. The highest BCUT2D eigenvalue weighted by atomic mass is 35.5. The number of nitrogens with one attached hydrogen (secondary N) is 1. The third-order valence-corrected chi connectivity index (χ3v) is 3.14. The van der Waals surface area contributed by atoms with Crippen LogP contribution in [0.1, 0.15) is 15.9 Å². The maximum Gasteiger partial charge on any atom is 0.311 e. The normalized spacial score (nSPS) is 10.2. The number of nitro benzene ring substituents is 1. The summed E-state index contributed by atoms with van der Waals surface area (Å²) in [5, 5.41) is 23.6. The lowest BCUT2D eigenvalue weighted by Crippen LogP contribution is -2.13. The van der Waals surface area contributed by atoms with Crippen LogP contribution >= 0.6 is 11.6 Å². The molecule has 0 fully saturated rings. The number of anilines is 1. The number of aryl methyl sites for hydroxylation is 1. The van der Waals surface area contributed by atoms with E-state index in [1.165, 1.54) is 12.1 Å². The number of aromatic hydroxyl groups is 1. The summed E-state index contributed by atoms with van der Waals surface area (Å²) in [6, 6.07) is 8.72. The van der Waals surface area contributed by atoms with E-state index in [9.17, 15) is 20.0 Å². The Morgan fingerprint density at radius 3 is 2.71 bits per heavy atom. The van der Waals surface area contributed by atoms with Crippen molar-refractivity contribution in [3.8, 4) is 5.75 Å². The Kier molecular flexibility index (Phi) is 4.09. The van der Waals surface area contributed by atoms with E-state index in [0.717, 1.165) is 11.6 Å². The predicted molar refractivity (Wildman–Crippen MR) is 78.9 cm³/mol. The van der Waals surface area contributed by atoms with Crippen LogP contribution < -0.4 is 5.32 Å². The maximum atomic E-state index is 12.1. The van der Waals surface area contributed by atoms with Crippen molar-refractivity contribution in [3.63, 3.8) is 0 Å². The van der Waals surface area contributed by atoms with E-state index in [1.54, 1.807) is 25.1 Å². The molecule has 0 aliphatic rings. The Balaban J connectivity index is 2.35. The molecule has 0 saturated heterocycles. The zero-order valence-electron chi connectivity index (χ0n) is 11.0. The van der Waals surface area contributed by atoms with Gasteiger partial charge in [-0.1, -0.05) is 23.7 Å². The molecule has 0 atom stereocenters. The lowest BCUT2D eigenvalue weighted by Gasteiger charge is -2.09. The van der Waals surface area contributed by atoms with Crippen LogP contribution in [0.15, 0.2) is 36.4 Å². The number of phenols is 1. The minimum absolute atomic E-state index is 0.177. The van der Waals surface area contributed by atoms with Crippen LogP contribution in [0.2, 0.25) is 5.02 Å². The lowest BCUT2D eigenvalue weighted by molar-refractivity contribution is -0.385. The smallest absolute Gasteiger partial charge is 0.311 e. The van der Waals surface area contributed by atoms with Gasteiger partial charge < -0.3 is 10.4 Å². The Labute approximate surface area is 125 Å². The van der Waals surface area contributed by atoms with Crippen molar-refractivity contribution in [2.75, 3.05) is 5.32 Å². The van der Waals surface area contributed by atoms with Gasteiger partial charge in [0.25, 0.3) is 5.91 Å². The molecule has 2 aromatic carbocycles. The van der Waals surface area contributed by atoms with Crippen LogP contribution in [0.5, 0.6) is 5.75 Å². The number of phenolic OH excluding ortho intramolecular Hbond substituents is 1. The molecule has 0 saturated carbocycles. The summed E-state index contributed by atoms with van der Waals surface area (Å²) in [6.07, 6.45) is 0. The van der Waals surface area contributed by atoms with Gasteiger partial charge in [0.2, 0.25) is 5.75 Å². The zero-order valence-corrected chi connectivity index (χ0v) is 11.7. The van der Waals surface area contributed by atoms with Gasteiger partial charge in [0.05, 0.1) is 10.5 Å². The molecular formula is C14H11ClN2O4. The fraction of sp³-hybridized carbons (Fsp3) is 0.0714. The quantitative estimate of drug-likeness (QED) is 0.670. The van der Waals surface area contributed by atoms with E-state index in [4.69, 9.17) is 11.6 Å². The second-order valence-corrected chi connectivity index (χ2v) is 4.78. The highest BCUT2D eigenvalue weighted by Crippen LogP contribution is 2.30. The zero-order chi connectivity index (χ0) is 15.6. The molecule has 0 bridgehead atoms. The molecule has 0 aromatic heterocycles. The SMILES string of the molecule is Cc1ccc(Cl)cc1NC(=O)c1cccc([N+](=O)[O-])c1O. The minimum Gasteiger partial charge on any atom is -0.502 e. The van der Waals surface area contributed by atoms with E-state index in [2.05, 4.69) is 5.32 Å². The first-order valence-electron chi connectivity index (χ1n) is 5.94. The van der Waals surface area contributed by atoms with Gasteiger partial charge in [0.1, 0.15) is 0 Å². The number of para-hydroxylation sites is 1. The van der Waals surface area contributed by atoms with Gasteiger partial charge >= 0.3 is 5.69 Å². The number of halogens is 1. The third kappa shape index (κ3) is 3.11. The second-order valence-electron chi connectivity index (χ2n) is 4.34. The average Bonchev–Trinajstić information content (AvgIpc) is 2.42. The molecule has 21 heavy (non-hydrogen) atoms. The summed E-state index contributed by atoms with van der Waals surface area (Å²) in [6.45, 7) is 1.78. The van der Waals surface area contributed by atoms with Crippen LogP contribution in [-0.4, -0.2) is 15.9 Å². The highest BCUT2D eigenvalue weighted by molar-refractivity contribution is 6.31. The van der Waals surface area contributed by atoms with Crippen molar-refractivity contribution >= 4 is 28.9 Å². The van der Waals surface area contributed by atoms with Gasteiger partial charge in [-0.05, 0) is 30.7 Å². The molecule has 0 aliphatic heterocycles. The van der Waals surface area contributed by atoms with E-state index >= 15 is 0 Å². The largest absolute Gasteiger partial charge is 0.502 e. The summed E-state index contributed by atoms with van der Waals surface area (Å²) in [4.78, 5) is 22.1. The van der Waals surface area contributed by atoms with Crippen molar-refractivity contribution in [2.24, 2.45) is 0 Å². The first-order chi connectivity index (χ1) is 9.90. The molecule has 1 amide bonds. The van der Waals surface area contributed by atoms with Crippen LogP contribution in [0, 0.1) is 17.0 Å². The topological polar surface area (TPSA) is 92.5 Å². The molecular weight excluding hydrogens is 296 g/mol. The minimum atomic E-state index is -0.753. The number of carbonyl (C=O) groups is 1. The van der Waals surface area contributed by atoms with Crippen LogP contribution in [0.4, 0.5) is 11.4 Å². The van der Waals surface area contributed by atoms with E-state index in [0.29, 0.717) is 10.7 Å². The molecule has 0 heterocycles. The Morgan fingerprint density at radius 1 is 1.33 bits per heavy atom. The molecule has 2 aromatic rings. The second kappa shape index (κ2) is 5.80. The Bertz CT molecular complexity index is 731. The number of carbonyl (C=O) groups excluding carboxylic acids is 1. The molecule has 7 heteroatoms. The van der Waals surface area contributed by atoms with Gasteiger partial charge in [-0.15, -0.1) is 0 Å². The molecule has 2 rings (SSSR count). The number of nitro groups is 1. The van der Waals surface area contributed by atoms with E-state index < -0.39 is 22.3 Å². The first kappa shape index (κ1) is 14.8. The average molecular weight is 307 g/mol. The van der Waals surface area contributed by atoms with Crippen molar-refractivity contribution in [1.29, 1.82) is 0 Å². The lowest BCUT2D eigenvalue weighted by atomic mass is 10.1. The van der Waals surface area contributed by atoms with Crippen molar-refractivity contribution in [2.45, 2.75) is 6.92 Å². The molecule has 108 valence electrons. The molecule has 0 spiro atoms. The van der Waals surface area contributed by atoms with Gasteiger partial charge in [-0.3, -0.25) is 14.9 Å². The molecule has 6 nitrogen and oxygen atoms in total. The molecule has 2 N–H and O–H groups in total. The fourth-order valence-corrected chi connectivity index (χ4v) is 1.95. The number of nitrogens with zero attached hydrogens (tertiary/aromatic N) is 1. The van der Waals surface area contributed by atoms with Crippen molar-refractivity contribution < 1.29 is 14.8 Å². The summed E-state index contributed by atoms with van der Waals surface area (Å²) >= 11 is 5.85. The monoisotopic (exact) mass is 306 g/mol. The maximum absolute atomic E-state index is 12.1. The van der Waals surface area contributed by atoms with Gasteiger partial charge in [-0.25, -0.2) is 0 Å². The van der Waals surface area contributed by atoms with Crippen molar-refractivity contribution in [3.05, 3.63) is 62.7 Å². The number of hydrogen-bond acceptors (Lipinski definition) is 4. The fourth-order valence-electron chi connectivity index (χ4n) is 1.78. The standard InChI is InChI=1S/C14H11ClN2O4/c1-8-5-6-9(15)7-11(8)16-14(19)10-3-2-4-12(13(10)18)17(20)21/h2-7,18H,1H3,(H,16,19). The van der Waals surface area contributed by atoms with E-state index in [1.807, 2.05) is 0 Å². The summed E-state index contributed by atoms with van der Waals surface area (Å²) in [7, 11) is 0. The molecule has 0 radical (unpaired) electrons. The summed E-state index contributed by atoms with van der Waals surface area (Å²) in [5.41, 5.74) is 0.546. The van der Waals surface area contributed by atoms with Gasteiger partial charge in [0.15, 0.2) is 0 Å². The summed E-state index contributed by atoms with van der Waals surface area (Å²) in [5.74, 6) is -1.32.